The van der Waals surface area contributed by atoms with E-state index in [-0.39, 0.29) is 36.0 Å². The van der Waals surface area contributed by atoms with E-state index in [2.05, 4.69) is 20.9 Å². The van der Waals surface area contributed by atoms with Gasteiger partial charge in [0.25, 0.3) is 5.91 Å². The number of aliphatic imine (C=N–C) groups is 1. The van der Waals surface area contributed by atoms with Crippen LogP contribution in [-0.2, 0) is 0 Å². The molecule has 0 heterocycles. The molecule has 0 aliphatic heterocycles. The molecule has 0 radical (unpaired) electrons. The van der Waals surface area contributed by atoms with Gasteiger partial charge in [-0.05, 0) is 56.9 Å². The van der Waals surface area contributed by atoms with Gasteiger partial charge in [0.05, 0.1) is 19.8 Å². The predicted octanol–water partition coefficient (Wildman–Crippen LogP) is 1.90. The lowest BCUT2D eigenvalue weighted by molar-refractivity contribution is 0.0954. The third-order valence-electron chi connectivity index (χ3n) is 4.40. The SMILES string of the molecule is CCNC(=NCCNC(=O)c1ccc(OC)cc1)NC1CCC(O)CC1.I. The number of guanidine groups is 1. The molecule has 1 fully saturated rings. The second-order valence-electron chi connectivity index (χ2n) is 6.39. The summed E-state index contributed by atoms with van der Waals surface area (Å²) in [5, 5.41) is 19.1. The highest BCUT2D eigenvalue weighted by Crippen LogP contribution is 2.18. The Kier molecular flexibility index (Phi) is 11.1. The van der Waals surface area contributed by atoms with Crippen LogP contribution in [0.25, 0.3) is 0 Å². The first-order chi connectivity index (χ1) is 12.6. The molecule has 27 heavy (non-hydrogen) atoms. The molecule has 1 aliphatic carbocycles. The molecule has 7 nitrogen and oxygen atoms in total. The summed E-state index contributed by atoms with van der Waals surface area (Å²) >= 11 is 0. The molecule has 0 bridgehead atoms. The summed E-state index contributed by atoms with van der Waals surface area (Å²) in [6, 6.07) is 7.34. The number of aliphatic hydroxyl groups excluding tert-OH is 1. The first-order valence-electron chi connectivity index (χ1n) is 9.27. The van der Waals surface area contributed by atoms with Gasteiger partial charge in [0.2, 0.25) is 0 Å². The predicted molar refractivity (Wildman–Crippen MR) is 118 cm³/mol. The average molecular weight is 490 g/mol. The van der Waals surface area contributed by atoms with Crippen LogP contribution in [0.1, 0.15) is 43.0 Å². The van der Waals surface area contributed by atoms with E-state index < -0.39 is 0 Å². The van der Waals surface area contributed by atoms with Crippen molar-refractivity contribution in [3.05, 3.63) is 29.8 Å². The topological polar surface area (TPSA) is 95.0 Å². The third-order valence-corrected chi connectivity index (χ3v) is 4.40. The fraction of sp³-hybridized carbons (Fsp3) is 0.579. The molecule has 4 N–H and O–H groups in total. The Morgan fingerprint density at radius 1 is 1.19 bits per heavy atom. The maximum Gasteiger partial charge on any atom is 0.251 e. The molecule has 1 amide bonds. The molecular formula is C19H31IN4O3. The Morgan fingerprint density at radius 3 is 2.44 bits per heavy atom. The number of hydrogen-bond acceptors (Lipinski definition) is 4. The third kappa shape index (κ3) is 8.34. The number of halogens is 1. The summed E-state index contributed by atoms with van der Waals surface area (Å²) < 4.78 is 5.09. The van der Waals surface area contributed by atoms with Crippen LogP contribution in [-0.4, -0.2) is 55.9 Å². The standard InChI is InChI=1S/C19H30N4O3.HI/c1-3-20-19(23-15-6-8-16(24)9-7-15)22-13-12-21-18(25)14-4-10-17(26-2)11-5-14;/h4-5,10-11,15-16,24H,3,6-9,12-13H2,1-2H3,(H,21,25)(H2,20,22,23);1H. The van der Waals surface area contributed by atoms with E-state index in [4.69, 9.17) is 4.74 Å². The number of nitrogens with zero attached hydrogens (tertiary/aromatic N) is 1. The molecule has 1 aromatic rings. The van der Waals surface area contributed by atoms with Crippen molar-refractivity contribution in [2.24, 2.45) is 4.99 Å². The number of amides is 1. The summed E-state index contributed by atoms with van der Waals surface area (Å²) in [5.74, 6) is 1.36. The van der Waals surface area contributed by atoms with Gasteiger partial charge in [0.15, 0.2) is 5.96 Å². The quantitative estimate of drug-likeness (QED) is 0.203. The summed E-state index contributed by atoms with van der Waals surface area (Å²) in [4.78, 5) is 16.6. The average Bonchev–Trinajstić information content (AvgIpc) is 2.67. The summed E-state index contributed by atoms with van der Waals surface area (Å²) in [5.41, 5.74) is 0.598. The molecule has 152 valence electrons. The Hall–Kier alpha value is -1.55. The van der Waals surface area contributed by atoms with Gasteiger partial charge in [0, 0.05) is 24.7 Å². The van der Waals surface area contributed by atoms with Crippen LogP contribution in [0, 0.1) is 0 Å². The number of carbonyl (C=O) groups excluding carboxylic acids is 1. The number of aliphatic hydroxyl groups is 1. The molecule has 0 unspecified atom stereocenters. The van der Waals surface area contributed by atoms with Gasteiger partial charge in [0.1, 0.15) is 5.75 Å². The van der Waals surface area contributed by atoms with Crippen LogP contribution in [0.5, 0.6) is 5.75 Å². The minimum absolute atomic E-state index is 0. The van der Waals surface area contributed by atoms with Gasteiger partial charge >= 0.3 is 0 Å². The number of rotatable bonds is 7. The molecular weight excluding hydrogens is 459 g/mol. The zero-order chi connectivity index (χ0) is 18.8. The summed E-state index contributed by atoms with van der Waals surface area (Å²) in [7, 11) is 1.60. The number of benzene rings is 1. The molecule has 0 spiro atoms. The Morgan fingerprint density at radius 2 is 1.85 bits per heavy atom. The van der Waals surface area contributed by atoms with Crippen molar-refractivity contribution in [3.63, 3.8) is 0 Å². The highest BCUT2D eigenvalue weighted by atomic mass is 127. The molecule has 1 saturated carbocycles. The van der Waals surface area contributed by atoms with Gasteiger partial charge < -0.3 is 25.8 Å². The van der Waals surface area contributed by atoms with Gasteiger partial charge in [-0.15, -0.1) is 24.0 Å². The lowest BCUT2D eigenvalue weighted by Crippen LogP contribution is -2.45. The zero-order valence-electron chi connectivity index (χ0n) is 16.0. The van der Waals surface area contributed by atoms with E-state index in [1.54, 1.807) is 31.4 Å². The normalized spacial score (nSPS) is 19.6. The maximum atomic E-state index is 12.1. The Labute approximate surface area is 178 Å². The van der Waals surface area contributed by atoms with Crippen LogP contribution >= 0.6 is 24.0 Å². The van der Waals surface area contributed by atoms with Crippen molar-refractivity contribution in [1.82, 2.24) is 16.0 Å². The van der Waals surface area contributed by atoms with E-state index in [1.165, 1.54) is 0 Å². The van der Waals surface area contributed by atoms with Crippen molar-refractivity contribution in [1.29, 1.82) is 0 Å². The van der Waals surface area contributed by atoms with Crippen LogP contribution in [0.4, 0.5) is 0 Å². The highest BCUT2D eigenvalue weighted by Gasteiger charge is 2.19. The maximum absolute atomic E-state index is 12.1. The molecule has 0 atom stereocenters. The fourth-order valence-corrected chi connectivity index (χ4v) is 2.92. The largest absolute Gasteiger partial charge is 0.497 e. The smallest absolute Gasteiger partial charge is 0.251 e. The first-order valence-corrected chi connectivity index (χ1v) is 9.27. The van der Waals surface area contributed by atoms with Gasteiger partial charge in [-0.25, -0.2) is 0 Å². The van der Waals surface area contributed by atoms with E-state index >= 15 is 0 Å². The van der Waals surface area contributed by atoms with Crippen molar-refractivity contribution < 1.29 is 14.6 Å². The number of ether oxygens (including phenoxy) is 1. The fourth-order valence-electron chi connectivity index (χ4n) is 2.92. The second-order valence-corrected chi connectivity index (χ2v) is 6.39. The van der Waals surface area contributed by atoms with Crippen molar-refractivity contribution in [2.45, 2.75) is 44.8 Å². The molecule has 0 saturated heterocycles. The Balaban J connectivity index is 0.00000364. The van der Waals surface area contributed by atoms with E-state index in [1.807, 2.05) is 6.92 Å². The van der Waals surface area contributed by atoms with E-state index in [0.717, 1.165) is 43.9 Å². The number of nitrogens with one attached hydrogen (secondary N) is 3. The van der Waals surface area contributed by atoms with Crippen LogP contribution in [0.15, 0.2) is 29.3 Å². The molecule has 0 aromatic heterocycles. The lowest BCUT2D eigenvalue weighted by atomic mass is 9.93. The zero-order valence-corrected chi connectivity index (χ0v) is 18.4. The van der Waals surface area contributed by atoms with Gasteiger partial charge in [-0.2, -0.15) is 0 Å². The second kappa shape index (κ2) is 12.8. The minimum atomic E-state index is -0.166. The lowest BCUT2D eigenvalue weighted by Gasteiger charge is -2.27. The van der Waals surface area contributed by atoms with Crippen LogP contribution in [0.3, 0.4) is 0 Å². The number of carbonyl (C=O) groups is 1. The highest BCUT2D eigenvalue weighted by molar-refractivity contribution is 14.0. The number of hydrogen-bond donors (Lipinski definition) is 4. The molecule has 1 aromatic carbocycles. The molecule has 1 aliphatic rings. The van der Waals surface area contributed by atoms with Crippen LogP contribution < -0.4 is 20.7 Å². The van der Waals surface area contributed by atoms with Crippen LogP contribution in [0.2, 0.25) is 0 Å². The van der Waals surface area contributed by atoms with Crippen molar-refractivity contribution in [3.8, 4) is 5.75 Å². The molecule has 8 heteroatoms. The van der Waals surface area contributed by atoms with Crippen molar-refractivity contribution >= 4 is 35.8 Å². The van der Waals surface area contributed by atoms with E-state index in [0.29, 0.717) is 24.7 Å². The summed E-state index contributed by atoms with van der Waals surface area (Å²) in [6.07, 6.45) is 3.38. The number of methoxy groups -OCH3 is 1. The van der Waals surface area contributed by atoms with Gasteiger partial charge in [-0.1, -0.05) is 0 Å². The molecule has 2 rings (SSSR count). The first kappa shape index (κ1) is 23.5. The van der Waals surface area contributed by atoms with Crippen molar-refractivity contribution in [2.75, 3.05) is 26.7 Å². The minimum Gasteiger partial charge on any atom is -0.497 e. The Bertz CT molecular complexity index is 587. The van der Waals surface area contributed by atoms with E-state index in [9.17, 15) is 9.90 Å². The monoisotopic (exact) mass is 490 g/mol. The van der Waals surface area contributed by atoms with Gasteiger partial charge in [-0.3, -0.25) is 9.79 Å². The summed E-state index contributed by atoms with van der Waals surface area (Å²) in [6.45, 7) is 3.75.